The highest BCUT2D eigenvalue weighted by Gasteiger charge is 2.04. The third-order valence-electron chi connectivity index (χ3n) is 1.33. The van der Waals surface area contributed by atoms with Gasteiger partial charge in [-0.05, 0) is 22.0 Å². The molecular formula is C7H6BrFN2O2. The molecule has 1 aromatic heterocycles. The molecule has 4 nitrogen and oxygen atoms in total. The third-order valence-corrected chi connectivity index (χ3v) is 1.77. The van der Waals surface area contributed by atoms with Gasteiger partial charge in [0.25, 0.3) is 0 Å². The van der Waals surface area contributed by atoms with Crippen molar-refractivity contribution >= 4 is 22.0 Å². The molecule has 2 N–H and O–H groups in total. The van der Waals surface area contributed by atoms with Gasteiger partial charge in [0, 0.05) is 12.1 Å². The van der Waals surface area contributed by atoms with Crippen molar-refractivity contribution in [1.29, 1.82) is 0 Å². The summed E-state index contributed by atoms with van der Waals surface area (Å²) in [6.45, 7) is -0.0672. The van der Waals surface area contributed by atoms with Gasteiger partial charge in [-0.1, -0.05) is 0 Å². The van der Waals surface area contributed by atoms with Gasteiger partial charge in [-0.25, -0.2) is 14.2 Å². The Labute approximate surface area is 81.9 Å². The van der Waals surface area contributed by atoms with Gasteiger partial charge >= 0.3 is 6.09 Å². The van der Waals surface area contributed by atoms with Crippen LogP contribution in [0.3, 0.4) is 0 Å². The molecule has 1 rings (SSSR count). The lowest BCUT2D eigenvalue weighted by Gasteiger charge is -2.02. The quantitative estimate of drug-likeness (QED) is 0.785. The second-order valence-electron chi connectivity index (χ2n) is 2.26. The summed E-state index contributed by atoms with van der Waals surface area (Å²) < 4.78 is 13.4. The molecule has 0 atom stereocenters. The van der Waals surface area contributed by atoms with Gasteiger partial charge in [0.1, 0.15) is 10.4 Å². The summed E-state index contributed by atoms with van der Waals surface area (Å²) in [6.07, 6.45) is -0.157. The Morgan fingerprint density at radius 3 is 3.08 bits per heavy atom. The van der Waals surface area contributed by atoms with Gasteiger partial charge in [-0.2, -0.15) is 0 Å². The zero-order valence-electron chi connectivity index (χ0n) is 6.42. The number of carboxylic acid groups (broad SMARTS) is 1. The number of hydrogen-bond donors (Lipinski definition) is 2. The van der Waals surface area contributed by atoms with E-state index in [0.29, 0.717) is 4.60 Å². The van der Waals surface area contributed by atoms with Crippen molar-refractivity contribution < 1.29 is 14.3 Å². The molecule has 1 aromatic rings. The molecule has 1 amide bonds. The lowest BCUT2D eigenvalue weighted by molar-refractivity contribution is 0.194. The number of hydrogen-bond acceptors (Lipinski definition) is 2. The monoisotopic (exact) mass is 248 g/mol. The van der Waals surface area contributed by atoms with Crippen molar-refractivity contribution in [3.63, 3.8) is 0 Å². The summed E-state index contributed by atoms with van der Waals surface area (Å²) >= 11 is 3.05. The summed E-state index contributed by atoms with van der Waals surface area (Å²) in [5.74, 6) is -0.531. The molecule has 0 aliphatic rings. The van der Waals surface area contributed by atoms with Crippen molar-refractivity contribution in [2.75, 3.05) is 0 Å². The minimum Gasteiger partial charge on any atom is -0.465 e. The lowest BCUT2D eigenvalue weighted by atomic mass is 10.2. The van der Waals surface area contributed by atoms with E-state index in [9.17, 15) is 9.18 Å². The van der Waals surface area contributed by atoms with Crippen LogP contribution in [0.1, 0.15) is 5.56 Å². The summed E-state index contributed by atoms with van der Waals surface area (Å²) in [5, 5.41) is 10.3. The second-order valence-corrected chi connectivity index (χ2v) is 3.07. The van der Waals surface area contributed by atoms with E-state index in [1.165, 1.54) is 6.07 Å². The average molecular weight is 249 g/mol. The Kier molecular flexibility index (Phi) is 3.18. The maximum atomic E-state index is 12.9. The standard InChI is InChI=1S/C7H6BrFN2O2/c8-6-1-4(2-11-7(12)13)5(9)3-10-6/h1,3,11H,2H2,(H,12,13). The number of rotatable bonds is 2. The number of halogens is 2. The number of carbonyl (C=O) groups is 1. The molecule has 0 saturated heterocycles. The van der Waals surface area contributed by atoms with Crippen molar-refractivity contribution in [2.45, 2.75) is 6.54 Å². The van der Waals surface area contributed by atoms with E-state index in [0.717, 1.165) is 6.20 Å². The molecular weight excluding hydrogens is 243 g/mol. The maximum absolute atomic E-state index is 12.9. The minimum absolute atomic E-state index is 0.0672. The summed E-state index contributed by atoms with van der Waals surface area (Å²) in [7, 11) is 0. The number of pyridine rings is 1. The van der Waals surface area contributed by atoms with Crippen LogP contribution < -0.4 is 5.32 Å². The number of amides is 1. The summed E-state index contributed by atoms with van der Waals surface area (Å²) in [5.41, 5.74) is 0.254. The fourth-order valence-electron chi connectivity index (χ4n) is 0.758. The SMILES string of the molecule is O=C(O)NCc1cc(Br)ncc1F. The topological polar surface area (TPSA) is 62.2 Å². The maximum Gasteiger partial charge on any atom is 0.404 e. The number of nitrogens with one attached hydrogen (secondary N) is 1. The number of nitrogens with zero attached hydrogens (tertiary/aromatic N) is 1. The molecule has 1 heterocycles. The van der Waals surface area contributed by atoms with Gasteiger partial charge in [0.2, 0.25) is 0 Å². The van der Waals surface area contributed by atoms with Gasteiger partial charge in [-0.3, -0.25) is 0 Å². The average Bonchev–Trinajstić information content (AvgIpc) is 2.06. The van der Waals surface area contributed by atoms with E-state index in [-0.39, 0.29) is 12.1 Å². The van der Waals surface area contributed by atoms with Crippen molar-refractivity contribution in [1.82, 2.24) is 10.3 Å². The number of aromatic nitrogens is 1. The smallest absolute Gasteiger partial charge is 0.404 e. The van der Waals surface area contributed by atoms with Crippen LogP contribution in [0.5, 0.6) is 0 Å². The van der Waals surface area contributed by atoms with Crippen LogP contribution in [-0.2, 0) is 6.54 Å². The first kappa shape index (κ1) is 9.91. The molecule has 0 fully saturated rings. The van der Waals surface area contributed by atoms with E-state index < -0.39 is 11.9 Å². The summed E-state index contributed by atoms with van der Waals surface area (Å²) in [4.78, 5) is 13.7. The highest BCUT2D eigenvalue weighted by Crippen LogP contribution is 2.11. The predicted molar refractivity (Wildman–Crippen MR) is 46.8 cm³/mol. The zero-order valence-corrected chi connectivity index (χ0v) is 8.01. The van der Waals surface area contributed by atoms with Gasteiger partial charge in [0.15, 0.2) is 0 Å². The fourth-order valence-corrected chi connectivity index (χ4v) is 1.14. The van der Waals surface area contributed by atoms with E-state index >= 15 is 0 Å². The Hall–Kier alpha value is -1.17. The van der Waals surface area contributed by atoms with Crippen LogP contribution in [0.25, 0.3) is 0 Å². The van der Waals surface area contributed by atoms with Crippen LogP contribution in [0, 0.1) is 5.82 Å². The molecule has 70 valence electrons. The van der Waals surface area contributed by atoms with Crippen LogP contribution in [-0.4, -0.2) is 16.2 Å². The Bertz CT molecular complexity index is 332. The molecule has 0 spiro atoms. The molecule has 0 aromatic carbocycles. The normalized spacial score (nSPS) is 9.69. The highest BCUT2D eigenvalue weighted by atomic mass is 79.9. The molecule has 0 aliphatic heterocycles. The van der Waals surface area contributed by atoms with Crippen molar-refractivity contribution in [3.8, 4) is 0 Å². The zero-order chi connectivity index (χ0) is 9.84. The molecule has 0 bridgehead atoms. The van der Waals surface area contributed by atoms with Crippen LogP contribution >= 0.6 is 15.9 Å². The highest BCUT2D eigenvalue weighted by molar-refractivity contribution is 9.10. The predicted octanol–water partition coefficient (Wildman–Crippen LogP) is 1.75. The second kappa shape index (κ2) is 4.18. The van der Waals surface area contributed by atoms with E-state index in [1.807, 2.05) is 0 Å². The lowest BCUT2D eigenvalue weighted by Crippen LogP contribution is -2.20. The van der Waals surface area contributed by atoms with Crippen LogP contribution in [0.2, 0.25) is 0 Å². The Morgan fingerprint density at radius 2 is 2.46 bits per heavy atom. The largest absolute Gasteiger partial charge is 0.465 e. The third kappa shape index (κ3) is 2.98. The first-order chi connectivity index (χ1) is 6.09. The summed E-state index contributed by atoms with van der Waals surface area (Å²) in [6, 6.07) is 1.42. The van der Waals surface area contributed by atoms with E-state index in [4.69, 9.17) is 5.11 Å². The first-order valence-electron chi connectivity index (χ1n) is 3.36. The minimum atomic E-state index is -1.19. The Morgan fingerprint density at radius 1 is 1.77 bits per heavy atom. The van der Waals surface area contributed by atoms with Crippen LogP contribution in [0.15, 0.2) is 16.9 Å². The van der Waals surface area contributed by atoms with Crippen LogP contribution in [0.4, 0.5) is 9.18 Å². The van der Waals surface area contributed by atoms with Crippen molar-refractivity contribution in [2.24, 2.45) is 0 Å². The molecule has 0 saturated carbocycles. The molecule has 0 aliphatic carbocycles. The molecule has 0 radical (unpaired) electrons. The van der Waals surface area contributed by atoms with E-state index in [2.05, 4.69) is 26.2 Å². The fraction of sp³-hybridized carbons (Fsp3) is 0.143. The van der Waals surface area contributed by atoms with Gasteiger partial charge in [-0.15, -0.1) is 0 Å². The Balaban J connectivity index is 2.75. The van der Waals surface area contributed by atoms with Gasteiger partial charge in [0.05, 0.1) is 6.20 Å². The molecule has 13 heavy (non-hydrogen) atoms. The molecule has 0 unspecified atom stereocenters. The molecule has 6 heteroatoms. The van der Waals surface area contributed by atoms with Gasteiger partial charge < -0.3 is 10.4 Å². The van der Waals surface area contributed by atoms with E-state index in [1.54, 1.807) is 0 Å². The first-order valence-corrected chi connectivity index (χ1v) is 4.15. The van der Waals surface area contributed by atoms with Crippen molar-refractivity contribution in [3.05, 3.63) is 28.2 Å².